The van der Waals surface area contributed by atoms with E-state index in [4.69, 9.17) is 4.98 Å². The summed E-state index contributed by atoms with van der Waals surface area (Å²) in [6, 6.07) is 60.5. The molecule has 1 amide bonds. The molecule has 0 radical (unpaired) electrons. The van der Waals surface area contributed by atoms with E-state index in [0.717, 1.165) is 33.4 Å². The SMILES string of the molecule is O=C(NCCc1nc(C(c2ccccc2)(c2ccccc2)c2ccccc2)[nH]c1C(c1ccccc1)(c1ccccc1)c1ccccc1)C(F)(F)F. The standard InChI is InChI=1S/C45H36F3N3O/c46-45(47,48)42(52)49-32-31-39-40(43(33-19-7-1-8-20-33,34-21-9-2-10-22-34)35-23-11-3-12-24-35)51-41(50-39)44(36-25-13-4-14-26-36,37-27-15-5-16-28-37)38-29-17-6-18-30-38/h1-30H,31-32H2,(H,49,52)(H,50,51). The van der Waals surface area contributed by atoms with Gasteiger partial charge in [0, 0.05) is 13.0 Å². The van der Waals surface area contributed by atoms with E-state index in [1.54, 1.807) is 0 Å². The van der Waals surface area contributed by atoms with Crippen molar-refractivity contribution in [2.45, 2.75) is 23.4 Å². The first kappa shape index (κ1) is 34.2. The Hall–Kier alpha value is -6.21. The maximum absolute atomic E-state index is 13.4. The van der Waals surface area contributed by atoms with Crippen molar-refractivity contribution in [3.05, 3.63) is 233 Å². The fourth-order valence-electron chi connectivity index (χ4n) is 7.44. The zero-order chi connectivity index (χ0) is 36.0. The van der Waals surface area contributed by atoms with E-state index in [0.29, 0.717) is 17.2 Å². The lowest BCUT2D eigenvalue weighted by molar-refractivity contribution is -0.173. The molecular formula is C45H36F3N3O. The molecule has 1 aromatic heterocycles. The van der Waals surface area contributed by atoms with Crippen LogP contribution in [0.1, 0.15) is 50.6 Å². The molecule has 0 aliphatic heterocycles. The van der Waals surface area contributed by atoms with Gasteiger partial charge in [-0.1, -0.05) is 182 Å². The number of nitrogens with zero attached hydrogens (tertiary/aromatic N) is 1. The summed E-state index contributed by atoms with van der Waals surface area (Å²) < 4.78 is 40.2. The number of hydrogen-bond acceptors (Lipinski definition) is 2. The monoisotopic (exact) mass is 691 g/mol. The second-order valence-electron chi connectivity index (χ2n) is 12.6. The van der Waals surface area contributed by atoms with Gasteiger partial charge in [0.05, 0.1) is 16.8 Å². The van der Waals surface area contributed by atoms with Crippen molar-refractivity contribution >= 4 is 5.91 Å². The van der Waals surface area contributed by atoms with E-state index in [1.807, 2.05) is 109 Å². The van der Waals surface area contributed by atoms with Crippen molar-refractivity contribution in [2.75, 3.05) is 6.54 Å². The normalized spacial score (nSPS) is 12.0. The molecule has 0 spiro atoms. The van der Waals surface area contributed by atoms with Crippen molar-refractivity contribution in [1.29, 1.82) is 0 Å². The molecule has 0 unspecified atom stereocenters. The zero-order valence-corrected chi connectivity index (χ0v) is 28.2. The molecule has 2 N–H and O–H groups in total. The Morgan fingerprint density at radius 2 is 0.808 bits per heavy atom. The molecule has 6 aromatic carbocycles. The van der Waals surface area contributed by atoms with Crippen molar-refractivity contribution in [1.82, 2.24) is 15.3 Å². The van der Waals surface area contributed by atoms with Gasteiger partial charge in [-0.15, -0.1) is 0 Å². The lowest BCUT2D eigenvalue weighted by Gasteiger charge is -2.37. The van der Waals surface area contributed by atoms with Gasteiger partial charge in [0.1, 0.15) is 11.2 Å². The number of rotatable bonds is 11. The lowest BCUT2D eigenvalue weighted by Crippen LogP contribution is -2.38. The highest BCUT2D eigenvalue weighted by Gasteiger charge is 2.47. The number of imidazole rings is 1. The number of H-pyrrole nitrogens is 1. The molecule has 0 aliphatic carbocycles. The van der Waals surface area contributed by atoms with Crippen LogP contribution in [0.4, 0.5) is 13.2 Å². The molecule has 1 heterocycles. The first-order valence-electron chi connectivity index (χ1n) is 17.1. The van der Waals surface area contributed by atoms with Gasteiger partial charge in [0.25, 0.3) is 0 Å². The number of aromatic nitrogens is 2. The number of nitrogens with one attached hydrogen (secondary N) is 2. The molecule has 4 nitrogen and oxygen atoms in total. The summed E-state index contributed by atoms with van der Waals surface area (Å²) in [6.45, 7) is -0.279. The highest BCUT2D eigenvalue weighted by molar-refractivity contribution is 5.81. The third kappa shape index (κ3) is 6.19. The van der Waals surface area contributed by atoms with Gasteiger partial charge in [-0.05, 0) is 33.4 Å². The zero-order valence-electron chi connectivity index (χ0n) is 28.2. The average molecular weight is 692 g/mol. The fourth-order valence-corrected chi connectivity index (χ4v) is 7.44. The molecule has 258 valence electrons. The molecule has 52 heavy (non-hydrogen) atoms. The van der Waals surface area contributed by atoms with Crippen LogP contribution >= 0.6 is 0 Å². The van der Waals surface area contributed by atoms with E-state index in [2.05, 4.69) is 83.1 Å². The molecule has 0 fully saturated rings. The van der Waals surface area contributed by atoms with Crippen molar-refractivity contribution < 1.29 is 18.0 Å². The minimum atomic E-state index is -5.01. The molecule has 7 rings (SSSR count). The van der Waals surface area contributed by atoms with E-state index < -0.39 is 22.9 Å². The Bertz CT molecular complexity index is 2010. The smallest absolute Gasteiger partial charge is 0.348 e. The number of carbonyl (C=O) groups is 1. The third-order valence-electron chi connectivity index (χ3n) is 9.65. The summed E-state index contributed by atoms with van der Waals surface area (Å²) >= 11 is 0. The summed E-state index contributed by atoms with van der Waals surface area (Å²) in [7, 11) is 0. The lowest BCUT2D eigenvalue weighted by atomic mass is 9.66. The largest absolute Gasteiger partial charge is 0.471 e. The number of alkyl halides is 3. The van der Waals surface area contributed by atoms with Gasteiger partial charge >= 0.3 is 12.1 Å². The van der Waals surface area contributed by atoms with E-state index in [-0.39, 0.29) is 13.0 Å². The van der Waals surface area contributed by atoms with Crippen molar-refractivity contribution in [3.63, 3.8) is 0 Å². The van der Waals surface area contributed by atoms with Crippen molar-refractivity contribution in [3.8, 4) is 0 Å². The van der Waals surface area contributed by atoms with Crippen LogP contribution in [0.2, 0.25) is 0 Å². The maximum atomic E-state index is 13.4. The number of carbonyl (C=O) groups excluding carboxylic acids is 1. The Balaban J connectivity index is 1.60. The summed E-state index contributed by atoms with van der Waals surface area (Å²) in [5, 5.41) is 2.09. The van der Waals surface area contributed by atoms with Crippen LogP contribution in [0.5, 0.6) is 0 Å². The van der Waals surface area contributed by atoms with Gasteiger partial charge in [0.15, 0.2) is 0 Å². The van der Waals surface area contributed by atoms with Crippen LogP contribution in [0, 0.1) is 0 Å². The fraction of sp³-hybridized carbons (Fsp3) is 0.111. The molecule has 0 aliphatic rings. The molecule has 0 saturated carbocycles. The molecule has 7 heteroatoms. The minimum Gasteiger partial charge on any atom is -0.348 e. The van der Waals surface area contributed by atoms with Gasteiger partial charge < -0.3 is 10.3 Å². The molecule has 0 bridgehead atoms. The number of benzene rings is 6. The van der Waals surface area contributed by atoms with Crippen LogP contribution < -0.4 is 5.32 Å². The summed E-state index contributed by atoms with van der Waals surface area (Å²) in [4.78, 5) is 21.4. The third-order valence-corrected chi connectivity index (χ3v) is 9.65. The maximum Gasteiger partial charge on any atom is 0.471 e. The minimum absolute atomic E-state index is 0.0242. The Morgan fingerprint density at radius 1 is 0.500 bits per heavy atom. The van der Waals surface area contributed by atoms with Crippen molar-refractivity contribution in [2.24, 2.45) is 0 Å². The topological polar surface area (TPSA) is 57.8 Å². The predicted molar refractivity (Wildman–Crippen MR) is 198 cm³/mol. The quantitative estimate of drug-likeness (QED) is 0.133. The Labute approximate surface area is 301 Å². The van der Waals surface area contributed by atoms with Crippen LogP contribution in [-0.2, 0) is 22.0 Å². The Morgan fingerprint density at radius 3 is 1.12 bits per heavy atom. The van der Waals surface area contributed by atoms with Crippen LogP contribution in [0.25, 0.3) is 0 Å². The van der Waals surface area contributed by atoms with E-state index in [9.17, 15) is 18.0 Å². The number of hydrogen-bond donors (Lipinski definition) is 2. The second kappa shape index (κ2) is 14.6. The number of halogens is 3. The molecule has 0 atom stereocenters. The van der Waals surface area contributed by atoms with Crippen LogP contribution in [0.15, 0.2) is 182 Å². The van der Waals surface area contributed by atoms with Gasteiger partial charge in [0.2, 0.25) is 0 Å². The summed E-state index contributed by atoms with van der Waals surface area (Å²) in [6.07, 6.45) is -4.99. The number of amides is 1. The molecular weight excluding hydrogens is 656 g/mol. The average Bonchev–Trinajstić information content (AvgIpc) is 3.61. The Kier molecular flexibility index (Phi) is 9.59. The molecule has 7 aromatic rings. The first-order valence-corrected chi connectivity index (χ1v) is 17.1. The second-order valence-corrected chi connectivity index (χ2v) is 12.6. The number of aromatic amines is 1. The first-order chi connectivity index (χ1) is 25.4. The predicted octanol–water partition coefficient (Wildman–Crippen LogP) is 9.40. The highest BCUT2D eigenvalue weighted by atomic mass is 19.4. The van der Waals surface area contributed by atoms with Gasteiger partial charge in [-0.3, -0.25) is 4.79 Å². The summed E-state index contributed by atoms with van der Waals surface area (Å²) in [5.74, 6) is -1.40. The highest BCUT2D eigenvalue weighted by Crippen LogP contribution is 2.49. The van der Waals surface area contributed by atoms with Gasteiger partial charge in [-0.2, -0.15) is 13.2 Å². The van der Waals surface area contributed by atoms with Gasteiger partial charge in [-0.25, -0.2) is 4.98 Å². The van der Waals surface area contributed by atoms with E-state index in [1.165, 1.54) is 0 Å². The van der Waals surface area contributed by atoms with E-state index >= 15 is 0 Å². The summed E-state index contributed by atoms with van der Waals surface area (Å²) in [5.41, 5.74) is 4.93. The van der Waals surface area contributed by atoms with Crippen LogP contribution in [-0.4, -0.2) is 28.6 Å². The van der Waals surface area contributed by atoms with Crippen LogP contribution in [0.3, 0.4) is 0 Å². The molecule has 0 saturated heterocycles.